The van der Waals surface area contributed by atoms with Crippen LogP contribution in [0.1, 0.15) is 18.1 Å². The molecule has 0 unspecified atom stereocenters. The maximum absolute atomic E-state index is 11.7. The minimum atomic E-state index is -0.317. The molecule has 2 rings (SSSR count). The van der Waals surface area contributed by atoms with Gasteiger partial charge in [0.2, 0.25) is 0 Å². The van der Waals surface area contributed by atoms with Gasteiger partial charge in [0.25, 0.3) is 5.91 Å². The molecule has 2 aromatic rings. The molecule has 0 aliphatic rings. The number of rotatable bonds is 7. The van der Waals surface area contributed by atoms with Crippen molar-refractivity contribution in [3.63, 3.8) is 0 Å². The standard InChI is InChI=1S/C18H19NO3/c1-2-21-17-11-7-6-10-16(17)12-13-18(20)19-22-14-15-8-4-3-5-9-15/h3-13H,2,14H2,1H3,(H,19,20). The van der Waals surface area contributed by atoms with E-state index in [0.717, 1.165) is 16.9 Å². The Hall–Kier alpha value is -2.59. The zero-order chi connectivity index (χ0) is 15.6. The molecule has 2 aromatic carbocycles. The molecular weight excluding hydrogens is 278 g/mol. The number of hydrogen-bond donors (Lipinski definition) is 1. The minimum Gasteiger partial charge on any atom is -0.493 e. The first-order chi connectivity index (χ1) is 10.8. The number of hydroxylamine groups is 1. The molecule has 22 heavy (non-hydrogen) atoms. The summed E-state index contributed by atoms with van der Waals surface area (Å²) in [5.41, 5.74) is 4.23. The molecule has 4 nitrogen and oxygen atoms in total. The fourth-order valence-electron chi connectivity index (χ4n) is 1.87. The number of nitrogens with one attached hydrogen (secondary N) is 1. The van der Waals surface area contributed by atoms with Crippen LogP contribution >= 0.6 is 0 Å². The maximum atomic E-state index is 11.7. The Balaban J connectivity index is 1.84. The number of amides is 1. The lowest BCUT2D eigenvalue weighted by Crippen LogP contribution is -2.21. The van der Waals surface area contributed by atoms with E-state index in [2.05, 4.69) is 5.48 Å². The lowest BCUT2D eigenvalue weighted by molar-refractivity contribution is -0.129. The van der Waals surface area contributed by atoms with Crippen LogP contribution in [-0.2, 0) is 16.2 Å². The van der Waals surface area contributed by atoms with Crippen molar-refractivity contribution in [3.05, 3.63) is 71.8 Å². The zero-order valence-corrected chi connectivity index (χ0v) is 12.5. The Labute approximate surface area is 130 Å². The first kappa shape index (κ1) is 15.8. The fraction of sp³-hybridized carbons (Fsp3) is 0.167. The van der Waals surface area contributed by atoms with Gasteiger partial charge in [-0.2, -0.15) is 0 Å². The average Bonchev–Trinajstić information content (AvgIpc) is 2.55. The van der Waals surface area contributed by atoms with Crippen LogP contribution in [0.2, 0.25) is 0 Å². The Morgan fingerprint density at radius 2 is 1.82 bits per heavy atom. The van der Waals surface area contributed by atoms with Gasteiger partial charge in [0.05, 0.1) is 13.2 Å². The molecule has 0 fully saturated rings. The second-order valence-corrected chi connectivity index (χ2v) is 4.54. The highest BCUT2D eigenvalue weighted by Crippen LogP contribution is 2.19. The predicted octanol–water partition coefficient (Wildman–Crippen LogP) is 3.35. The summed E-state index contributed by atoms with van der Waals surface area (Å²) in [6, 6.07) is 17.2. The summed E-state index contributed by atoms with van der Waals surface area (Å²) < 4.78 is 5.49. The van der Waals surface area contributed by atoms with Crippen LogP contribution in [0.25, 0.3) is 6.08 Å². The molecule has 0 saturated carbocycles. The second kappa shape index (κ2) is 8.64. The van der Waals surface area contributed by atoms with E-state index in [1.54, 1.807) is 6.08 Å². The van der Waals surface area contributed by atoms with Gasteiger partial charge in [-0.1, -0.05) is 48.5 Å². The number of para-hydroxylation sites is 1. The molecule has 0 spiro atoms. The maximum Gasteiger partial charge on any atom is 0.267 e. The summed E-state index contributed by atoms with van der Waals surface area (Å²) in [5, 5.41) is 0. The van der Waals surface area contributed by atoms with Crippen molar-refractivity contribution in [2.45, 2.75) is 13.5 Å². The van der Waals surface area contributed by atoms with Crippen LogP contribution in [0.3, 0.4) is 0 Å². The van der Waals surface area contributed by atoms with Gasteiger partial charge < -0.3 is 4.74 Å². The summed E-state index contributed by atoms with van der Waals surface area (Å²) in [7, 11) is 0. The SMILES string of the molecule is CCOc1ccccc1C=CC(=O)NOCc1ccccc1. The Bertz CT molecular complexity index is 623. The van der Waals surface area contributed by atoms with Crippen molar-refractivity contribution >= 4 is 12.0 Å². The van der Waals surface area contributed by atoms with Crippen LogP contribution in [-0.4, -0.2) is 12.5 Å². The van der Waals surface area contributed by atoms with Gasteiger partial charge in [-0.3, -0.25) is 9.63 Å². The van der Waals surface area contributed by atoms with Gasteiger partial charge in [-0.05, 0) is 24.6 Å². The number of carbonyl (C=O) groups is 1. The molecule has 0 aliphatic heterocycles. The van der Waals surface area contributed by atoms with E-state index in [0.29, 0.717) is 13.2 Å². The van der Waals surface area contributed by atoms with Crippen molar-refractivity contribution < 1.29 is 14.4 Å². The highest BCUT2D eigenvalue weighted by molar-refractivity contribution is 5.91. The normalized spacial score (nSPS) is 10.6. The highest BCUT2D eigenvalue weighted by atomic mass is 16.6. The smallest absolute Gasteiger partial charge is 0.267 e. The van der Waals surface area contributed by atoms with Crippen LogP contribution in [0.4, 0.5) is 0 Å². The number of ether oxygens (including phenoxy) is 1. The first-order valence-electron chi connectivity index (χ1n) is 7.15. The topological polar surface area (TPSA) is 47.6 Å². The number of hydrogen-bond acceptors (Lipinski definition) is 3. The number of carbonyl (C=O) groups excluding carboxylic acids is 1. The third-order valence-electron chi connectivity index (χ3n) is 2.89. The monoisotopic (exact) mass is 297 g/mol. The van der Waals surface area contributed by atoms with E-state index in [-0.39, 0.29) is 5.91 Å². The van der Waals surface area contributed by atoms with Crippen LogP contribution < -0.4 is 10.2 Å². The molecule has 114 valence electrons. The third-order valence-corrected chi connectivity index (χ3v) is 2.89. The van der Waals surface area contributed by atoms with Crippen molar-refractivity contribution in [2.24, 2.45) is 0 Å². The summed E-state index contributed by atoms with van der Waals surface area (Å²) >= 11 is 0. The van der Waals surface area contributed by atoms with E-state index in [1.165, 1.54) is 6.08 Å². The van der Waals surface area contributed by atoms with E-state index in [4.69, 9.17) is 9.57 Å². The van der Waals surface area contributed by atoms with E-state index >= 15 is 0 Å². The molecule has 0 radical (unpaired) electrons. The molecular formula is C18H19NO3. The molecule has 0 atom stereocenters. The second-order valence-electron chi connectivity index (χ2n) is 4.54. The highest BCUT2D eigenvalue weighted by Gasteiger charge is 2.00. The molecule has 1 N–H and O–H groups in total. The minimum absolute atomic E-state index is 0.317. The first-order valence-corrected chi connectivity index (χ1v) is 7.15. The van der Waals surface area contributed by atoms with Gasteiger partial charge >= 0.3 is 0 Å². The lowest BCUT2D eigenvalue weighted by atomic mass is 10.2. The van der Waals surface area contributed by atoms with Gasteiger partial charge in [0, 0.05) is 11.6 Å². The van der Waals surface area contributed by atoms with Crippen LogP contribution in [0.5, 0.6) is 5.75 Å². The molecule has 1 amide bonds. The Kier molecular flexibility index (Phi) is 6.20. The van der Waals surface area contributed by atoms with E-state index in [1.807, 2.05) is 61.5 Å². The molecule has 0 aliphatic carbocycles. The predicted molar refractivity (Wildman–Crippen MR) is 86.0 cm³/mol. The van der Waals surface area contributed by atoms with Gasteiger partial charge in [-0.15, -0.1) is 0 Å². The van der Waals surface area contributed by atoms with Crippen LogP contribution in [0.15, 0.2) is 60.7 Å². The molecule has 0 bridgehead atoms. The summed E-state index contributed by atoms with van der Waals surface area (Å²) in [6.45, 7) is 2.83. The van der Waals surface area contributed by atoms with Crippen molar-refractivity contribution in [1.82, 2.24) is 5.48 Å². The van der Waals surface area contributed by atoms with Gasteiger partial charge in [0.15, 0.2) is 0 Å². The summed E-state index contributed by atoms with van der Waals surface area (Å²) in [5.74, 6) is 0.432. The largest absolute Gasteiger partial charge is 0.493 e. The fourth-order valence-corrected chi connectivity index (χ4v) is 1.87. The van der Waals surface area contributed by atoms with Crippen LogP contribution in [0, 0.1) is 0 Å². The summed E-state index contributed by atoms with van der Waals surface area (Å²) in [6.07, 6.45) is 3.12. The van der Waals surface area contributed by atoms with Crippen molar-refractivity contribution in [1.29, 1.82) is 0 Å². The molecule has 0 aromatic heterocycles. The van der Waals surface area contributed by atoms with E-state index in [9.17, 15) is 4.79 Å². The van der Waals surface area contributed by atoms with Gasteiger partial charge in [0.1, 0.15) is 5.75 Å². The molecule has 0 saturated heterocycles. The molecule has 0 heterocycles. The number of benzene rings is 2. The Morgan fingerprint density at radius 3 is 2.59 bits per heavy atom. The van der Waals surface area contributed by atoms with Crippen molar-refractivity contribution in [3.8, 4) is 5.75 Å². The van der Waals surface area contributed by atoms with E-state index < -0.39 is 0 Å². The average molecular weight is 297 g/mol. The summed E-state index contributed by atoms with van der Waals surface area (Å²) in [4.78, 5) is 16.9. The van der Waals surface area contributed by atoms with Crippen molar-refractivity contribution in [2.75, 3.05) is 6.61 Å². The zero-order valence-electron chi connectivity index (χ0n) is 12.5. The lowest BCUT2D eigenvalue weighted by Gasteiger charge is -2.06. The Morgan fingerprint density at radius 1 is 1.09 bits per heavy atom. The molecule has 4 heteroatoms. The quantitative estimate of drug-likeness (QED) is 0.630. The third kappa shape index (κ3) is 5.07. The van der Waals surface area contributed by atoms with Gasteiger partial charge in [-0.25, -0.2) is 5.48 Å².